The van der Waals surface area contributed by atoms with E-state index in [4.69, 9.17) is 22.1 Å². The second kappa shape index (κ2) is 16.8. The van der Waals surface area contributed by atoms with Crippen molar-refractivity contribution in [3.05, 3.63) is 209 Å². The van der Waals surface area contributed by atoms with E-state index in [1.54, 1.807) is 18.2 Å². The molecule has 0 aliphatic rings. The third-order valence-electron chi connectivity index (χ3n) is 14.5. The molecule has 0 aliphatic heterocycles. The molecule has 5 nitrogen and oxygen atoms in total. The zero-order chi connectivity index (χ0) is 50.9. The van der Waals surface area contributed by atoms with Crippen LogP contribution in [0, 0.1) is 11.3 Å². The van der Waals surface area contributed by atoms with Gasteiger partial charge in [0.25, 0.3) is 0 Å². The van der Waals surface area contributed by atoms with Gasteiger partial charge in [0.15, 0.2) is 0 Å². The highest BCUT2D eigenvalue weighted by atomic mass is 16.3. The van der Waals surface area contributed by atoms with Crippen LogP contribution in [0.15, 0.2) is 175 Å². The molecule has 65 heavy (non-hydrogen) atoms. The lowest BCUT2D eigenvalue weighted by atomic mass is 9.58. The molecule has 0 radical (unpaired) electrons. The molecular formula is C60H56N4O. The van der Waals surface area contributed by atoms with Crippen molar-refractivity contribution in [2.24, 2.45) is 0 Å². The highest BCUT2D eigenvalue weighted by Crippen LogP contribution is 2.48. The fraction of sp³-hybridized carbons (Fsp3) is 0.233. The summed E-state index contributed by atoms with van der Waals surface area (Å²) in [5.74, 6) is 0. The van der Waals surface area contributed by atoms with E-state index in [-0.39, 0.29) is 34.4 Å². The molecule has 0 bridgehead atoms. The van der Waals surface area contributed by atoms with Crippen LogP contribution in [0.2, 0.25) is 0 Å². The zero-order valence-corrected chi connectivity index (χ0v) is 38.2. The fourth-order valence-corrected chi connectivity index (χ4v) is 8.65. The van der Waals surface area contributed by atoms with Crippen molar-refractivity contribution in [2.75, 3.05) is 0 Å². The van der Waals surface area contributed by atoms with Crippen molar-refractivity contribution >= 4 is 21.9 Å². The standard InChI is InChI=1S/C60H56N4O/c1-57(2,45-26-30-52(63-38-45)43-16-11-9-12-17-43)59(5,6)47-32-41(33-48(35-47)60(7,8)58(3,4)46-27-31-53(64-39-46)44-18-13-10-14-19-44)23-22-40-25-29-54(62-37-40)51-21-15-20-50-49-28-24-42(36-61)34-55(49)65-56(50)51/h9-21,24-35,37-39H,22-23H2,1-8H3/i22D2,23D2,24D,34D. The maximum Gasteiger partial charge on any atom is 0.144 e. The van der Waals surface area contributed by atoms with Gasteiger partial charge in [-0.15, -0.1) is 0 Å². The first-order chi connectivity index (χ1) is 33.5. The Bertz CT molecular complexity index is 3360. The lowest BCUT2D eigenvalue weighted by Crippen LogP contribution is -2.42. The molecule has 0 fully saturated rings. The number of para-hydroxylation sites is 1. The van der Waals surface area contributed by atoms with Crippen LogP contribution < -0.4 is 0 Å². The Morgan fingerprint density at radius 1 is 0.523 bits per heavy atom. The molecule has 9 rings (SSSR count). The van der Waals surface area contributed by atoms with Gasteiger partial charge in [0.05, 0.1) is 31.5 Å². The third kappa shape index (κ3) is 7.93. The number of hydrogen-bond acceptors (Lipinski definition) is 5. The van der Waals surface area contributed by atoms with Gasteiger partial charge in [-0.3, -0.25) is 15.0 Å². The average Bonchev–Trinajstić information content (AvgIpc) is 3.75. The van der Waals surface area contributed by atoms with Gasteiger partial charge < -0.3 is 4.42 Å². The van der Waals surface area contributed by atoms with Crippen LogP contribution in [0.25, 0.3) is 55.7 Å². The molecule has 0 aliphatic carbocycles. The first-order valence-corrected chi connectivity index (χ1v) is 22.1. The third-order valence-corrected chi connectivity index (χ3v) is 14.5. The largest absolute Gasteiger partial charge is 0.455 e. The second-order valence-electron chi connectivity index (χ2n) is 19.0. The maximum absolute atomic E-state index is 9.89. The summed E-state index contributed by atoms with van der Waals surface area (Å²) in [6.45, 7) is 17.4. The van der Waals surface area contributed by atoms with Crippen LogP contribution in [0.4, 0.5) is 0 Å². The lowest BCUT2D eigenvalue weighted by molar-refractivity contribution is 0.292. The van der Waals surface area contributed by atoms with E-state index < -0.39 is 34.4 Å². The van der Waals surface area contributed by atoms with Gasteiger partial charge in [-0.25, -0.2) is 0 Å². The van der Waals surface area contributed by atoms with Crippen molar-refractivity contribution in [2.45, 2.75) is 89.8 Å². The van der Waals surface area contributed by atoms with Crippen molar-refractivity contribution in [3.8, 4) is 39.8 Å². The Balaban J connectivity index is 1.13. The maximum atomic E-state index is 9.89. The molecule has 5 heteroatoms. The number of fused-ring (bicyclic) bond motifs is 3. The van der Waals surface area contributed by atoms with Gasteiger partial charge >= 0.3 is 0 Å². The van der Waals surface area contributed by atoms with E-state index in [9.17, 15) is 10.7 Å². The van der Waals surface area contributed by atoms with Crippen LogP contribution in [-0.2, 0) is 34.4 Å². The number of nitriles is 1. The number of hydrogen-bond donors (Lipinski definition) is 0. The van der Waals surface area contributed by atoms with E-state index in [0.29, 0.717) is 27.6 Å². The number of furan rings is 1. The lowest BCUT2D eigenvalue weighted by Gasteiger charge is -2.46. The minimum atomic E-state index is -2.58. The molecule has 0 saturated heterocycles. The average molecular weight is 855 g/mol. The second-order valence-corrected chi connectivity index (χ2v) is 19.0. The minimum Gasteiger partial charge on any atom is -0.455 e. The smallest absolute Gasteiger partial charge is 0.144 e. The predicted molar refractivity (Wildman–Crippen MR) is 267 cm³/mol. The van der Waals surface area contributed by atoms with E-state index in [1.807, 2.05) is 116 Å². The van der Waals surface area contributed by atoms with Crippen molar-refractivity contribution in [1.82, 2.24) is 15.0 Å². The predicted octanol–water partition coefficient (Wildman–Crippen LogP) is 14.9. The number of nitrogens with zero attached hydrogens (tertiary/aromatic N) is 4. The molecule has 0 atom stereocenters. The first kappa shape index (κ1) is 36.2. The quantitative estimate of drug-likeness (QED) is 0.122. The molecular weight excluding hydrogens is 793 g/mol. The summed E-state index contributed by atoms with van der Waals surface area (Å²) in [6, 6.07) is 46.2. The fourth-order valence-electron chi connectivity index (χ4n) is 8.65. The van der Waals surface area contributed by atoms with E-state index in [0.717, 1.165) is 44.8 Å². The molecule has 4 heterocycles. The Morgan fingerprint density at radius 2 is 1.05 bits per heavy atom. The van der Waals surface area contributed by atoms with Gasteiger partial charge in [0.2, 0.25) is 0 Å². The summed E-state index contributed by atoms with van der Waals surface area (Å²) >= 11 is 0. The summed E-state index contributed by atoms with van der Waals surface area (Å²) in [4.78, 5) is 14.5. The van der Waals surface area contributed by atoms with Gasteiger partial charge in [-0.2, -0.15) is 5.26 Å². The van der Waals surface area contributed by atoms with Crippen molar-refractivity contribution in [1.29, 1.82) is 5.26 Å². The topological polar surface area (TPSA) is 75.6 Å². The molecule has 0 spiro atoms. The summed E-state index contributed by atoms with van der Waals surface area (Å²) in [6.07, 6.45) is 0.0909. The highest BCUT2D eigenvalue weighted by molar-refractivity contribution is 6.09. The number of aryl methyl sites for hydroxylation is 2. The van der Waals surface area contributed by atoms with E-state index in [2.05, 4.69) is 73.6 Å². The van der Waals surface area contributed by atoms with Crippen molar-refractivity contribution < 1.29 is 12.6 Å². The summed E-state index contributed by atoms with van der Waals surface area (Å²) in [5, 5.41) is 10.8. The van der Waals surface area contributed by atoms with Gasteiger partial charge in [-0.05, 0) is 99.4 Å². The number of aromatic nitrogens is 3. The molecule has 0 amide bonds. The molecule has 0 unspecified atom stereocenters. The van der Waals surface area contributed by atoms with E-state index in [1.165, 1.54) is 12.3 Å². The van der Waals surface area contributed by atoms with Crippen LogP contribution in [0.3, 0.4) is 0 Å². The SMILES string of the molecule is [2H]c1cc2c(oc3c(-c4ccc(C([2H])([2H])C([2H])([2H])c5cc(C(C)(C)C(C)(C)c6ccc(-c7ccccc7)nc6)cc(C(C)(C)C(C)(C)c6ccc(-c7ccccc7)nc6)c5)cn4)cccc32)c([2H])c1C#N. The van der Waals surface area contributed by atoms with Gasteiger partial charge in [-0.1, -0.05) is 165 Å². The summed E-state index contributed by atoms with van der Waals surface area (Å²) in [7, 11) is 0. The summed E-state index contributed by atoms with van der Waals surface area (Å²) < 4.78 is 62.2. The van der Waals surface area contributed by atoms with Crippen LogP contribution in [-0.4, -0.2) is 15.0 Å². The Labute approximate surface area is 392 Å². The monoisotopic (exact) mass is 854 g/mol. The Morgan fingerprint density at radius 3 is 1.55 bits per heavy atom. The normalized spacial score (nSPS) is 14.2. The van der Waals surface area contributed by atoms with Gasteiger partial charge in [0, 0.05) is 62.4 Å². The van der Waals surface area contributed by atoms with Crippen LogP contribution in [0.5, 0.6) is 0 Å². The molecule has 4 aromatic heterocycles. The molecule has 9 aromatic rings. The number of benzene rings is 5. The van der Waals surface area contributed by atoms with Crippen molar-refractivity contribution in [3.63, 3.8) is 0 Å². The van der Waals surface area contributed by atoms with Gasteiger partial charge in [0.1, 0.15) is 11.2 Å². The summed E-state index contributed by atoms with van der Waals surface area (Å²) in [5.41, 5.74) is 6.93. The first-order valence-electron chi connectivity index (χ1n) is 25.1. The van der Waals surface area contributed by atoms with E-state index >= 15 is 0 Å². The minimum absolute atomic E-state index is 0.0503. The molecule has 0 N–H and O–H groups in total. The van der Waals surface area contributed by atoms with Crippen LogP contribution in [0.1, 0.15) is 103 Å². The molecule has 5 aromatic carbocycles. The Kier molecular flexibility index (Phi) is 9.33. The Hall–Kier alpha value is -7.16. The molecule has 322 valence electrons. The molecule has 0 saturated carbocycles. The van der Waals surface area contributed by atoms with Crippen LogP contribution >= 0.6 is 0 Å². The number of pyridine rings is 3. The highest BCUT2D eigenvalue weighted by Gasteiger charge is 2.44. The zero-order valence-electron chi connectivity index (χ0n) is 44.2. The number of rotatable bonds is 12.